The average Bonchev–Trinajstić information content (AvgIpc) is 3.08. The fraction of sp³-hybridized carbons (Fsp3) is 0.474. The van der Waals surface area contributed by atoms with Crippen LogP contribution in [0.4, 0.5) is 0 Å². The summed E-state index contributed by atoms with van der Waals surface area (Å²) in [6.07, 6.45) is 1.76. The van der Waals surface area contributed by atoms with Gasteiger partial charge in [0.15, 0.2) is 11.5 Å². The normalized spacial score (nSPS) is 16.0. The van der Waals surface area contributed by atoms with Gasteiger partial charge in [0.2, 0.25) is 5.91 Å². The van der Waals surface area contributed by atoms with Crippen molar-refractivity contribution in [3.8, 4) is 23.3 Å². The van der Waals surface area contributed by atoms with Crippen molar-refractivity contribution in [3.63, 3.8) is 0 Å². The Morgan fingerprint density at radius 3 is 2.72 bits per heavy atom. The van der Waals surface area contributed by atoms with Crippen molar-refractivity contribution in [2.45, 2.75) is 32.2 Å². The van der Waals surface area contributed by atoms with Crippen LogP contribution in [0.1, 0.15) is 25.3 Å². The summed E-state index contributed by atoms with van der Waals surface area (Å²) in [4.78, 5) is 25.5. The van der Waals surface area contributed by atoms with E-state index >= 15 is 0 Å². The molecular formula is C19H24N2O4. The molecule has 0 saturated carbocycles. The van der Waals surface area contributed by atoms with E-state index in [-0.39, 0.29) is 17.9 Å². The van der Waals surface area contributed by atoms with E-state index in [1.807, 2.05) is 18.2 Å². The maximum Gasteiger partial charge on any atom is 0.298 e. The molecule has 1 aliphatic heterocycles. The van der Waals surface area contributed by atoms with Gasteiger partial charge in [0.1, 0.15) is 0 Å². The predicted octanol–water partition coefficient (Wildman–Crippen LogP) is 1.38. The van der Waals surface area contributed by atoms with Crippen molar-refractivity contribution in [2.24, 2.45) is 0 Å². The number of hydrogen-bond acceptors (Lipinski definition) is 4. The highest BCUT2D eigenvalue weighted by molar-refractivity contribution is 5.93. The Labute approximate surface area is 148 Å². The maximum atomic E-state index is 12.2. The molecule has 6 heteroatoms. The number of methoxy groups -OCH3 is 2. The Balaban J connectivity index is 1.81. The van der Waals surface area contributed by atoms with Crippen molar-refractivity contribution < 1.29 is 19.1 Å². The number of nitrogens with zero attached hydrogens (tertiary/aromatic N) is 1. The minimum Gasteiger partial charge on any atom is -0.493 e. The van der Waals surface area contributed by atoms with Crippen LogP contribution in [0.3, 0.4) is 0 Å². The van der Waals surface area contributed by atoms with E-state index in [1.54, 1.807) is 26.0 Å². The van der Waals surface area contributed by atoms with Gasteiger partial charge >= 0.3 is 0 Å². The van der Waals surface area contributed by atoms with Crippen LogP contribution < -0.4 is 14.8 Å². The van der Waals surface area contributed by atoms with Crippen LogP contribution in [0.2, 0.25) is 0 Å². The third-order valence-corrected chi connectivity index (χ3v) is 4.16. The van der Waals surface area contributed by atoms with Crippen LogP contribution in [0.5, 0.6) is 11.5 Å². The van der Waals surface area contributed by atoms with Crippen molar-refractivity contribution >= 4 is 11.8 Å². The molecule has 0 bridgehead atoms. The summed E-state index contributed by atoms with van der Waals surface area (Å²) in [5, 5.41) is 2.99. The molecule has 0 spiro atoms. The number of benzene rings is 1. The molecule has 1 heterocycles. The standard InChI is InChI=1S/C19H24N2O4/c1-4-5-19(23)21-11-10-15(13-21)20-18(22)9-7-14-6-8-16(24-2)17(12-14)25-3/h6,8,12,15H,7,9-11,13H2,1-3H3,(H,20,22). The number of amides is 2. The second-order valence-corrected chi connectivity index (χ2v) is 5.87. The minimum absolute atomic E-state index is 0.000472. The molecule has 1 aliphatic rings. The van der Waals surface area contributed by atoms with Crippen molar-refractivity contribution in [1.29, 1.82) is 0 Å². The molecule has 1 aromatic carbocycles. The molecule has 25 heavy (non-hydrogen) atoms. The smallest absolute Gasteiger partial charge is 0.298 e. The summed E-state index contributed by atoms with van der Waals surface area (Å²) in [5.41, 5.74) is 1.01. The summed E-state index contributed by atoms with van der Waals surface area (Å²) in [5.74, 6) is 6.27. The number of carbonyl (C=O) groups excluding carboxylic acids is 2. The van der Waals surface area contributed by atoms with Gasteiger partial charge in [0, 0.05) is 25.6 Å². The number of likely N-dealkylation sites (tertiary alicyclic amines) is 1. The van der Waals surface area contributed by atoms with Gasteiger partial charge in [-0.1, -0.05) is 12.0 Å². The van der Waals surface area contributed by atoms with Crippen LogP contribution in [0.25, 0.3) is 0 Å². The SMILES string of the molecule is CC#CC(=O)N1CCC(NC(=O)CCc2ccc(OC)c(OC)c2)C1. The number of carbonyl (C=O) groups is 2. The first kappa shape index (κ1) is 18.7. The highest BCUT2D eigenvalue weighted by atomic mass is 16.5. The molecular weight excluding hydrogens is 320 g/mol. The Kier molecular flexibility index (Phi) is 6.70. The van der Waals surface area contributed by atoms with Crippen LogP contribution in [-0.2, 0) is 16.0 Å². The Bertz CT molecular complexity index is 690. The van der Waals surface area contributed by atoms with Crippen LogP contribution in [0.15, 0.2) is 18.2 Å². The van der Waals surface area contributed by atoms with Crippen molar-refractivity contribution in [1.82, 2.24) is 10.2 Å². The van der Waals surface area contributed by atoms with Crippen LogP contribution >= 0.6 is 0 Å². The summed E-state index contributed by atoms with van der Waals surface area (Å²) in [7, 11) is 3.18. The van der Waals surface area contributed by atoms with Gasteiger partial charge < -0.3 is 19.7 Å². The van der Waals surface area contributed by atoms with Gasteiger partial charge in [-0.25, -0.2) is 0 Å². The Morgan fingerprint density at radius 1 is 1.28 bits per heavy atom. The monoisotopic (exact) mass is 344 g/mol. The summed E-state index contributed by atoms with van der Waals surface area (Å²) in [6, 6.07) is 5.64. The first-order chi connectivity index (χ1) is 12.1. The maximum absolute atomic E-state index is 12.2. The summed E-state index contributed by atoms with van der Waals surface area (Å²) >= 11 is 0. The lowest BCUT2D eigenvalue weighted by atomic mass is 10.1. The third-order valence-electron chi connectivity index (χ3n) is 4.16. The van der Waals surface area contributed by atoms with E-state index in [1.165, 1.54) is 0 Å². The zero-order valence-electron chi connectivity index (χ0n) is 14.9. The molecule has 2 amide bonds. The highest BCUT2D eigenvalue weighted by Gasteiger charge is 2.26. The molecule has 134 valence electrons. The summed E-state index contributed by atoms with van der Waals surface area (Å²) in [6.45, 7) is 2.80. The molecule has 1 fully saturated rings. The van der Waals surface area contributed by atoms with Crippen LogP contribution in [-0.4, -0.2) is 50.1 Å². The second kappa shape index (κ2) is 8.97. The summed E-state index contributed by atoms with van der Waals surface area (Å²) < 4.78 is 10.5. The lowest BCUT2D eigenvalue weighted by Gasteiger charge is -2.15. The van der Waals surface area contributed by atoms with Crippen molar-refractivity contribution in [3.05, 3.63) is 23.8 Å². The molecule has 1 atom stereocenters. The van der Waals surface area contributed by atoms with E-state index in [0.29, 0.717) is 37.4 Å². The van der Waals surface area contributed by atoms with E-state index in [0.717, 1.165) is 12.0 Å². The zero-order chi connectivity index (χ0) is 18.2. The molecule has 1 N–H and O–H groups in total. The number of hydrogen-bond donors (Lipinski definition) is 1. The fourth-order valence-electron chi connectivity index (χ4n) is 2.84. The lowest BCUT2D eigenvalue weighted by molar-refractivity contribution is -0.125. The Morgan fingerprint density at radius 2 is 2.04 bits per heavy atom. The lowest BCUT2D eigenvalue weighted by Crippen LogP contribution is -2.38. The third kappa shape index (κ3) is 5.15. The predicted molar refractivity (Wildman–Crippen MR) is 94.4 cm³/mol. The largest absolute Gasteiger partial charge is 0.493 e. The number of nitrogens with one attached hydrogen (secondary N) is 1. The quantitative estimate of drug-likeness (QED) is 0.792. The molecule has 1 unspecified atom stereocenters. The average molecular weight is 344 g/mol. The molecule has 1 aromatic rings. The number of rotatable bonds is 6. The number of ether oxygens (including phenoxy) is 2. The molecule has 0 aliphatic carbocycles. The minimum atomic E-state index is -0.176. The van der Waals surface area contributed by atoms with Gasteiger partial charge in [0.05, 0.1) is 14.2 Å². The van der Waals surface area contributed by atoms with E-state index < -0.39 is 0 Å². The van der Waals surface area contributed by atoms with E-state index in [9.17, 15) is 9.59 Å². The first-order valence-corrected chi connectivity index (χ1v) is 8.29. The molecule has 1 saturated heterocycles. The fourth-order valence-corrected chi connectivity index (χ4v) is 2.84. The second-order valence-electron chi connectivity index (χ2n) is 5.87. The molecule has 0 aromatic heterocycles. The van der Waals surface area contributed by atoms with Gasteiger partial charge in [-0.2, -0.15) is 0 Å². The first-order valence-electron chi connectivity index (χ1n) is 8.29. The van der Waals surface area contributed by atoms with Gasteiger partial charge in [-0.3, -0.25) is 9.59 Å². The van der Waals surface area contributed by atoms with Gasteiger partial charge in [-0.15, -0.1) is 0 Å². The Hall–Kier alpha value is -2.68. The molecule has 6 nitrogen and oxygen atoms in total. The highest BCUT2D eigenvalue weighted by Crippen LogP contribution is 2.27. The molecule has 0 radical (unpaired) electrons. The number of aryl methyl sites for hydroxylation is 1. The zero-order valence-corrected chi connectivity index (χ0v) is 14.9. The topological polar surface area (TPSA) is 67.9 Å². The van der Waals surface area contributed by atoms with E-state index in [2.05, 4.69) is 17.2 Å². The van der Waals surface area contributed by atoms with E-state index in [4.69, 9.17) is 9.47 Å². The van der Waals surface area contributed by atoms with Gasteiger partial charge in [0.25, 0.3) is 5.91 Å². The molecule has 2 rings (SSSR count). The van der Waals surface area contributed by atoms with Crippen LogP contribution in [0, 0.1) is 11.8 Å². The van der Waals surface area contributed by atoms with Crippen molar-refractivity contribution in [2.75, 3.05) is 27.3 Å². The van der Waals surface area contributed by atoms with Gasteiger partial charge in [-0.05, 0) is 43.4 Å².